The maximum absolute atomic E-state index is 11.1. The van der Waals surface area contributed by atoms with E-state index >= 15 is 0 Å². The van der Waals surface area contributed by atoms with Gasteiger partial charge in [-0.25, -0.2) is 4.79 Å². The fourth-order valence-electron chi connectivity index (χ4n) is 1.62. The molecule has 0 aromatic heterocycles. The maximum atomic E-state index is 11.1. The van der Waals surface area contributed by atoms with Gasteiger partial charge in [0.25, 0.3) is 0 Å². The van der Waals surface area contributed by atoms with Gasteiger partial charge in [-0.2, -0.15) is 0 Å². The summed E-state index contributed by atoms with van der Waals surface area (Å²) < 4.78 is 0. The van der Waals surface area contributed by atoms with Crippen molar-refractivity contribution in [1.29, 1.82) is 0 Å². The van der Waals surface area contributed by atoms with Crippen molar-refractivity contribution < 1.29 is 9.90 Å². The topological polar surface area (TPSA) is 37.3 Å². The van der Waals surface area contributed by atoms with E-state index in [1.54, 1.807) is 6.07 Å². The molecule has 0 spiro atoms. The van der Waals surface area contributed by atoms with Gasteiger partial charge in [-0.15, -0.1) is 0 Å². The molecule has 0 radical (unpaired) electrons. The summed E-state index contributed by atoms with van der Waals surface area (Å²) in [5.74, 6) is -0.220. The lowest BCUT2D eigenvalue weighted by Crippen LogP contribution is -2.05. The fraction of sp³-hybridized carbons (Fsp3) is 0.462. The van der Waals surface area contributed by atoms with Crippen LogP contribution in [0.15, 0.2) is 18.2 Å². The van der Waals surface area contributed by atoms with Crippen LogP contribution in [-0.2, 0) is 0 Å². The van der Waals surface area contributed by atoms with E-state index in [1.165, 1.54) is 0 Å². The number of carbonyl (C=O) groups is 1. The third-order valence-corrected chi connectivity index (χ3v) is 2.60. The van der Waals surface area contributed by atoms with Gasteiger partial charge >= 0.3 is 5.97 Å². The molecular formula is C13H18O2. The molecule has 1 rings (SSSR count). The second-order valence-electron chi connectivity index (χ2n) is 4.46. The Balaban J connectivity index is 3.27. The van der Waals surface area contributed by atoms with Crippen LogP contribution in [-0.4, -0.2) is 11.1 Å². The Morgan fingerprint density at radius 2 is 1.73 bits per heavy atom. The molecule has 1 aromatic rings. The summed E-state index contributed by atoms with van der Waals surface area (Å²) in [5, 5.41) is 9.12. The monoisotopic (exact) mass is 206 g/mol. The first kappa shape index (κ1) is 11.8. The SMILES string of the molecule is CC(C)c1ccc(C(C)C)c(C(=O)O)c1. The first-order valence-corrected chi connectivity index (χ1v) is 5.30. The zero-order valence-corrected chi connectivity index (χ0v) is 9.74. The molecule has 0 heterocycles. The molecule has 0 aliphatic carbocycles. The quantitative estimate of drug-likeness (QED) is 0.819. The van der Waals surface area contributed by atoms with Crippen LogP contribution < -0.4 is 0 Å². The summed E-state index contributed by atoms with van der Waals surface area (Å²) in [6, 6.07) is 5.75. The van der Waals surface area contributed by atoms with Gasteiger partial charge in [0, 0.05) is 0 Å². The lowest BCUT2D eigenvalue weighted by atomic mass is 9.92. The number of carboxylic acid groups (broad SMARTS) is 1. The predicted octanol–water partition coefficient (Wildman–Crippen LogP) is 3.63. The van der Waals surface area contributed by atoms with Crippen molar-refractivity contribution >= 4 is 5.97 Å². The molecule has 15 heavy (non-hydrogen) atoms. The lowest BCUT2D eigenvalue weighted by molar-refractivity contribution is 0.0695. The van der Waals surface area contributed by atoms with Crippen molar-refractivity contribution in [3.8, 4) is 0 Å². The van der Waals surface area contributed by atoms with Crippen molar-refractivity contribution in [2.24, 2.45) is 0 Å². The molecule has 0 unspecified atom stereocenters. The molecule has 0 fully saturated rings. The van der Waals surface area contributed by atoms with Crippen molar-refractivity contribution in [2.45, 2.75) is 39.5 Å². The van der Waals surface area contributed by atoms with Gasteiger partial charge in [-0.05, 0) is 29.0 Å². The van der Waals surface area contributed by atoms with Crippen LogP contribution in [0.2, 0.25) is 0 Å². The zero-order valence-electron chi connectivity index (χ0n) is 9.74. The molecule has 0 bridgehead atoms. The van der Waals surface area contributed by atoms with Crippen LogP contribution in [0, 0.1) is 0 Å². The van der Waals surface area contributed by atoms with E-state index < -0.39 is 5.97 Å². The minimum atomic E-state index is -0.832. The molecule has 0 saturated carbocycles. The molecule has 0 aliphatic heterocycles. The zero-order chi connectivity index (χ0) is 11.6. The third kappa shape index (κ3) is 2.58. The number of benzene rings is 1. The largest absolute Gasteiger partial charge is 0.478 e. The average molecular weight is 206 g/mol. The van der Waals surface area contributed by atoms with Crippen LogP contribution >= 0.6 is 0 Å². The molecule has 82 valence electrons. The average Bonchev–Trinajstić information content (AvgIpc) is 2.16. The number of hydrogen-bond donors (Lipinski definition) is 1. The van der Waals surface area contributed by atoms with Crippen molar-refractivity contribution in [3.63, 3.8) is 0 Å². The Labute approximate surface area is 90.9 Å². The summed E-state index contributed by atoms with van der Waals surface area (Å²) in [5.41, 5.74) is 2.43. The smallest absolute Gasteiger partial charge is 0.335 e. The summed E-state index contributed by atoms with van der Waals surface area (Å²) in [6.07, 6.45) is 0. The molecule has 0 atom stereocenters. The maximum Gasteiger partial charge on any atom is 0.335 e. The van der Waals surface area contributed by atoms with Gasteiger partial charge in [0.05, 0.1) is 5.56 Å². The highest BCUT2D eigenvalue weighted by Gasteiger charge is 2.14. The molecular weight excluding hydrogens is 188 g/mol. The second-order valence-corrected chi connectivity index (χ2v) is 4.46. The van der Waals surface area contributed by atoms with Crippen molar-refractivity contribution in [3.05, 3.63) is 34.9 Å². The van der Waals surface area contributed by atoms with E-state index in [1.807, 2.05) is 26.0 Å². The Hall–Kier alpha value is -1.31. The van der Waals surface area contributed by atoms with Gasteiger partial charge < -0.3 is 5.11 Å². The van der Waals surface area contributed by atoms with E-state index in [4.69, 9.17) is 5.11 Å². The van der Waals surface area contributed by atoms with Crippen LogP contribution in [0.3, 0.4) is 0 Å². The van der Waals surface area contributed by atoms with E-state index in [0.717, 1.165) is 11.1 Å². The molecule has 1 aromatic carbocycles. The first-order chi connectivity index (χ1) is 6.93. The normalized spacial score (nSPS) is 11.1. The van der Waals surface area contributed by atoms with E-state index in [9.17, 15) is 4.79 Å². The second kappa shape index (κ2) is 4.47. The molecule has 2 heteroatoms. The summed E-state index contributed by atoms with van der Waals surface area (Å²) >= 11 is 0. The molecule has 2 nitrogen and oxygen atoms in total. The fourth-order valence-corrected chi connectivity index (χ4v) is 1.62. The number of aromatic carboxylic acids is 1. The van der Waals surface area contributed by atoms with Gasteiger partial charge in [0.15, 0.2) is 0 Å². The van der Waals surface area contributed by atoms with E-state index in [-0.39, 0.29) is 5.92 Å². The van der Waals surface area contributed by atoms with Gasteiger partial charge in [0.1, 0.15) is 0 Å². The standard InChI is InChI=1S/C13H18O2/c1-8(2)10-5-6-11(9(3)4)12(7-10)13(14)15/h5-9H,1-4H3,(H,14,15). The Morgan fingerprint density at radius 1 is 1.13 bits per heavy atom. The Morgan fingerprint density at radius 3 is 2.13 bits per heavy atom. The number of hydrogen-bond acceptors (Lipinski definition) is 1. The molecule has 0 amide bonds. The highest BCUT2D eigenvalue weighted by atomic mass is 16.4. The molecule has 0 aliphatic rings. The molecule has 1 N–H and O–H groups in total. The number of rotatable bonds is 3. The van der Waals surface area contributed by atoms with Gasteiger partial charge in [0.2, 0.25) is 0 Å². The molecule has 0 saturated heterocycles. The minimum absolute atomic E-state index is 0.248. The van der Waals surface area contributed by atoms with E-state index in [2.05, 4.69) is 13.8 Å². The highest BCUT2D eigenvalue weighted by Crippen LogP contribution is 2.24. The highest BCUT2D eigenvalue weighted by molar-refractivity contribution is 5.89. The summed E-state index contributed by atoms with van der Waals surface area (Å²) in [4.78, 5) is 11.1. The van der Waals surface area contributed by atoms with Gasteiger partial charge in [-0.3, -0.25) is 0 Å². The summed E-state index contributed by atoms with van der Waals surface area (Å²) in [7, 11) is 0. The Kier molecular flexibility index (Phi) is 3.51. The lowest BCUT2D eigenvalue weighted by Gasteiger charge is -2.13. The third-order valence-electron chi connectivity index (χ3n) is 2.60. The summed E-state index contributed by atoms with van der Waals surface area (Å²) in [6.45, 7) is 8.15. The number of carboxylic acids is 1. The minimum Gasteiger partial charge on any atom is -0.478 e. The van der Waals surface area contributed by atoms with Crippen LogP contribution in [0.25, 0.3) is 0 Å². The van der Waals surface area contributed by atoms with E-state index in [0.29, 0.717) is 11.5 Å². The van der Waals surface area contributed by atoms with Crippen LogP contribution in [0.4, 0.5) is 0 Å². The Bertz CT molecular complexity index is 365. The van der Waals surface area contributed by atoms with Crippen molar-refractivity contribution in [1.82, 2.24) is 0 Å². The van der Waals surface area contributed by atoms with Crippen molar-refractivity contribution in [2.75, 3.05) is 0 Å². The van der Waals surface area contributed by atoms with Gasteiger partial charge in [-0.1, -0.05) is 39.8 Å². The predicted molar refractivity (Wildman–Crippen MR) is 61.6 cm³/mol. The van der Waals surface area contributed by atoms with Crippen LogP contribution in [0.5, 0.6) is 0 Å². The van der Waals surface area contributed by atoms with Crippen LogP contribution in [0.1, 0.15) is 61.0 Å². The first-order valence-electron chi connectivity index (χ1n) is 5.30.